The number of carbonyl (C=O) groups excluding carboxylic acids is 1. The smallest absolute Gasteiger partial charge is 0.339 e. The first-order valence-corrected chi connectivity index (χ1v) is 6.49. The molecule has 1 saturated carbocycles. The molecular weight excluding hydrogens is 274 g/mol. The molecular formula is C14H15N3O4. The van der Waals surface area contributed by atoms with Gasteiger partial charge in [0, 0.05) is 30.5 Å². The lowest BCUT2D eigenvalue weighted by Crippen LogP contribution is -2.17. The Morgan fingerprint density at radius 3 is 2.81 bits per heavy atom. The Balaban J connectivity index is 2.22. The van der Waals surface area contributed by atoms with E-state index in [1.165, 1.54) is 25.3 Å². The van der Waals surface area contributed by atoms with Crippen LogP contribution in [0, 0.1) is 26.9 Å². The molecule has 0 unspecified atom stereocenters. The van der Waals surface area contributed by atoms with E-state index in [4.69, 9.17) is 5.26 Å². The van der Waals surface area contributed by atoms with E-state index >= 15 is 0 Å². The van der Waals surface area contributed by atoms with Crippen LogP contribution in [0.15, 0.2) is 18.2 Å². The van der Waals surface area contributed by atoms with Crippen molar-refractivity contribution in [2.75, 3.05) is 19.0 Å². The molecule has 0 amide bonds. The third-order valence-corrected chi connectivity index (χ3v) is 3.68. The van der Waals surface area contributed by atoms with Gasteiger partial charge in [-0.05, 0) is 18.9 Å². The first kappa shape index (κ1) is 14.8. The Morgan fingerprint density at radius 2 is 2.29 bits per heavy atom. The Morgan fingerprint density at radius 1 is 1.57 bits per heavy atom. The topological polar surface area (TPSA) is 105 Å². The van der Waals surface area contributed by atoms with Crippen LogP contribution in [-0.2, 0) is 4.74 Å². The fourth-order valence-electron chi connectivity index (χ4n) is 2.12. The van der Waals surface area contributed by atoms with Gasteiger partial charge in [0.15, 0.2) is 0 Å². The lowest BCUT2D eigenvalue weighted by atomic mass is 10.0. The quantitative estimate of drug-likeness (QED) is 0.490. The summed E-state index contributed by atoms with van der Waals surface area (Å²) >= 11 is 0. The number of nitrogens with one attached hydrogen (secondary N) is 1. The number of nitro benzene ring substituents is 1. The average Bonchev–Trinajstić information content (AvgIpc) is 3.24. The molecule has 1 aliphatic rings. The molecule has 7 heteroatoms. The van der Waals surface area contributed by atoms with Crippen LogP contribution < -0.4 is 5.32 Å². The van der Waals surface area contributed by atoms with E-state index in [2.05, 4.69) is 16.1 Å². The summed E-state index contributed by atoms with van der Waals surface area (Å²) in [5, 5.41) is 22.7. The lowest BCUT2D eigenvalue weighted by Gasteiger charge is -2.15. The molecule has 0 atom stereocenters. The van der Waals surface area contributed by atoms with Gasteiger partial charge in [0.1, 0.15) is 0 Å². The molecule has 0 bridgehead atoms. The van der Waals surface area contributed by atoms with E-state index < -0.39 is 10.9 Å². The number of carbonyl (C=O) groups is 1. The van der Waals surface area contributed by atoms with Crippen molar-refractivity contribution < 1.29 is 14.5 Å². The van der Waals surface area contributed by atoms with Crippen LogP contribution in [0.2, 0.25) is 0 Å². The predicted octanol–water partition coefficient (Wildman–Crippen LogP) is 2.49. The molecule has 0 aliphatic heterocycles. The maximum absolute atomic E-state index is 11.7. The summed E-state index contributed by atoms with van der Waals surface area (Å²) in [5.74, 6) is -0.558. The molecule has 0 spiro atoms. The Hall–Kier alpha value is -2.62. The molecule has 0 radical (unpaired) electrons. The lowest BCUT2D eigenvalue weighted by molar-refractivity contribution is -0.384. The monoisotopic (exact) mass is 289 g/mol. The van der Waals surface area contributed by atoms with Crippen LogP contribution in [0.25, 0.3) is 0 Å². The summed E-state index contributed by atoms with van der Waals surface area (Å²) in [6.45, 7) is 0.506. The van der Waals surface area contributed by atoms with E-state index in [0.29, 0.717) is 18.7 Å². The Labute approximate surface area is 121 Å². The number of anilines is 1. The minimum absolute atomic E-state index is 0.0766. The van der Waals surface area contributed by atoms with Gasteiger partial charge in [0.05, 0.1) is 29.4 Å². The number of hydrogen-bond donors (Lipinski definition) is 1. The number of benzene rings is 1. The summed E-state index contributed by atoms with van der Waals surface area (Å²) in [7, 11) is 1.26. The average molecular weight is 289 g/mol. The van der Waals surface area contributed by atoms with Gasteiger partial charge in [-0.2, -0.15) is 5.26 Å². The molecule has 1 aromatic rings. The third kappa shape index (κ3) is 3.28. The summed E-state index contributed by atoms with van der Waals surface area (Å²) in [6, 6.07) is 6.09. The molecule has 7 nitrogen and oxygen atoms in total. The number of nitro groups is 1. The van der Waals surface area contributed by atoms with E-state index in [1.807, 2.05) is 0 Å². The number of non-ortho nitro benzene ring substituents is 1. The van der Waals surface area contributed by atoms with Crippen LogP contribution in [0.1, 0.15) is 29.6 Å². The minimum Gasteiger partial charge on any atom is -0.465 e. The van der Waals surface area contributed by atoms with Gasteiger partial charge in [-0.3, -0.25) is 10.1 Å². The number of ether oxygens (including phenoxy) is 1. The number of esters is 1. The first-order valence-electron chi connectivity index (χ1n) is 6.49. The summed E-state index contributed by atoms with van der Waals surface area (Å²) < 4.78 is 4.67. The normalized spacial score (nSPS) is 14.9. The highest BCUT2D eigenvalue weighted by molar-refractivity contribution is 5.96. The minimum atomic E-state index is -0.558. The number of nitriles is 1. The van der Waals surface area contributed by atoms with Crippen molar-refractivity contribution in [2.24, 2.45) is 5.41 Å². The maximum Gasteiger partial charge on any atom is 0.339 e. The van der Waals surface area contributed by atoms with E-state index in [1.54, 1.807) is 0 Å². The number of methoxy groups -OCH3 is 1. The van der Waals surface area contributed by atoms with E-state index in [-0.39, 0.29) is 16.7 Å². The highest BCUT2D eigenvalue weighted by Crippen LogP contribution is 2.48. The van der Waals surface area contributed by atoms with Crippen LogP contribution >= 0.6 is 0 Å². The number of nitrogens with zero attached hydrogens (tertiary/aromatic N) is 2. The highest BCUT2D eigenvalue weighted by Gasteiger charge is 2.42. The molecule has 110 valence electrons. The molecule has 2 rings (SSSR count). The largest absolute Gasteiger partial charge is 0.465 e. The second kappa shape index (κ2) is 5.79. The molecule has 1 aromatic carbocycles. The molecule has 1 fully saturated rings. The van der Waals surface area contributed by atoms with Gasteiger partial charge < -0.3 is 10.1 Å². The molecule has 0 aromatic heterocycles. The third-order valence-electron chi connectivity index (χ3n) is 3.68. The van der Waals surface area contributed by atoms with Crippen molar-refractivity contribution in [3.05, 3.63) is 33.9 Å². The Bertz CT molecular complexity index is 617. The van der Waals surface area contributed by atoms with Gasteiger partial charge in [-0.25, -0.2) is 4.79 Å². The van der Waals surface area contributed by atoms with Crippen molar-refractivity contribution in [3.63, 3.8) is 0 Å². The van der Waals surface area contributed by atoms with Gasteiger partial charge in [-0.15, -0.1) is 0 Å². The molecule has 1 N–H and O–H groups in total. The maximum atomic E-state index is 11.7. The second-order valence-corrected chi connectivity index (χ2v) is 5.17. The van der Waals surface area contributed by atoms with Crippen LogP contribution in [-0.4, -0.2) is 24.5 Å². The van der Waals surface area contributed by atoms with Crippen molar-refractivity contribution >= 4 is 17.3 Å². The van der Waals surface area contributed by atoms with Crippen molar-refractivity contribution in [3.8, 4) is 6.07 Å². The zero-order valence-corrected chi connectivity index (χ0v) is 11.6. The fraction of sp³-hybridized carbons (Fsp3) is 0.429. The van der Waals surface area contributed by atoms with Gasteiger partial charge in [0.2, 0.25) is 0 Å². The zero-order valence-electron chi connectivity index (χ0n) is 11.6. The predicted molar refractivity (Wildman–Crippen MR) is 74.8 cm³/mol. The number of rotatable bonds is 6. The van der Waals surface area contributed by atoms with Crippen molar-refractivity contribution in [1.82, 2.24) is 0 Å². The molecule has 21 heavy (non-hydrogen) atoms. The van der Waals surface area contributed by atoms with Crippen LogP contribution in [0.5, 0.6) is 0 Å². The molecule has 0 saturated heterocycles. The highest BCUT2D eigenvalue weighted by atomic mass is 16.6. The van der Waals surface area contributed by atoms with E-state index in [0.717, 1.165) is 12.8 Å². The Kier molecular flexibility index (Phi) is 4.08. The second-order valence-electron chi connectivity index (χ2n) is 5.17. The fourth-order valence-corrected chi connectivity index (χ4v) is 2.12. The standard InChI is InChI=1S/C14H15N3O4/c1-21-13(18)11-3-2-10(17(19)20)8-12(11)16-9-14(4-5-14)6-7-15/h2-3,8,16H,4-6,9H2,1H3. The van der Waals surface area contributed by atoms with Gasteiger partial charge in [-0.1, -0.05) is 0 Å². The van der Waals surface area contributed by atoms with E-state index in [9.17, 15) is 14.9 Å². The summed E-state index contributed by atoms with van der Waals surface area (Å²) in [4.78, 5) is 22.0. The molecule has 1 aliphatic carbocycles. The number of hydrogen-bond acceptors (Lipinski definition) is 6. The summed E-state index contributed by atoms with van der Waals surface area (Å²) in [6.07, 6.45) is 2.31. The van der Waals surface area contributed by atoms with Gasteiger partial charge >= 0.3 is 5.97 Å². The van der Waals surface area contributed by atoms with Gasteiger partial charge in [0.25, 0.3) is 5.69 Å². The van der Waals surface area contributed by atoms with Crippen molar-refractivity contribution in [2.45, 2.75) is 19.3 Å². The van der Waals surface area contributed by atoms with Crippen LogP contribution in [0.3, 0.4) is 0 Å². The SMILES string of the molecule is COC(=O)c1ccc([N+](=O)[O-])cc1NCC1(CC#N)CC1. The molecule has 0 heterocycles. The van der Waals surface area contributed by atoms with Crippen LogP contribution in [0.4, 0.5) is 11.4 Å². The summed E-state index contributed by atoms with van der Waals surface area (Å²) in [5.41, 5.74) is 0.429. The van der Waals surface area contributed by atoms with Crippen molar-refractivity contribution in [1.29, 1.82) is 5.26 Å². The first-order chi connectivity index (χ1) is 10.0. The zero-order chi connectivity index (χ0) is 15.5.